The van der Waals surface area contributed by atoms with Gasteiger partial charge in [0.15, 0.2) is 0 Å². The molecule has 1 amide bonds. The zero-order chi connectivity index (χ0) is 14.0. The lowest BCUT2D eigenvalue weighted by Crippen LogP contribution is -2.31. The van der Waals surface area contributed by atoms with E-state index in [9.17, 15) is 9.59 Å². The van der Waals surface area contributed by atoms with Crippen LogP contribution in [0.4, 0.5) is 0 Å². The Kier molecular flexibility index (Phi) is 3.88. The van der Waals surface area contributed by atoms with Crippen molar-refractivity contribution in [3.63, 3.8) is 0 Å². The number of carbonyl (C=O) groups is 2. The van der Waals surface area contributed by atoms with Gasteiger partial charge in [0.1, 0.15) is 0 Å². The monoisotopic (exact) mass is 261 g/mol. The van der Waals surface area contributed by atoms with Crippen molar-refractivity contribution in [1.29, 1.82) is 0 Å². The minimum absolute atomic E-state index is 0.0284. The maximum atomic E-state index is 11.9. The third-order valence-corrected chi connectivity index (χ3v) is 3.62. The second-order valence-corrected chi connectivity index (χ2v) is 5.39. The van der Waals surface area contributed by atoms with E-state index in [1.54, 1.807) is 0 Å². The van der Waals surface area contributed by atoms with Gasteiger partial charge >= 0.3 is 5.97 Å². The third-order valence-electron chi connectivity index (χ3n) is 3.62. The minimum Gasteiger partial charge on any atom is -0.481 e. The average Bonchev–Trinajstić information content (AvgIpc) is 3.06. The van der Waals surface area contributed by atoms with Gasteiger partial charge in [0.05, 0.1) is 12.5 Å². The van der Waals surface area contributed by atoms with Gasteiger partial charge in [-0.05, 0) is 24.8 Å². The topological polar surface area (TPSA) is 66.4 Å². The van der Waals surface area contributed by atoms with E-state index in [1.807, 2.05) is 38.1 Å². The Labute approximate surface area is 112 Å². The smallest absolute Gasteiger partial charge is 0.305 e. The van der Waals surface area contributed by atoms with Gasteiger partial charge in [-0.25, -0.2) is 0 Å². The van der Waals surface area contributed by atoms with Crippen molar-refractivity contribution in [1.82, 2.24) is 5.32 Å². The summed E-state index contributed by atoms with van der Waals surface area (Å²) in [6, 6.07) is 7.16. The number of aliphatic carboxylic acids is 1. The van der Waals surface area contributed by atoms with Crippen LogP contribution in [0.3, 0.4) is 0 Å². The molecule has 2 N–H and O–H groups in total. The first-order valence-corrected chi connectivity index (χ1v) is 6.56. The molecule has 1 fully saturated rings. The van der Waals surface area contributed by atoms with Crippen molar-refractivity contribution in [2.75, 3.05) is 0 Å². The van der Waals surface area contributed by atoms with E-state index in [-0.39, 0.29) is 18.2 Å². The summed E-state index contributed by atoms with van der Waals surface area (Å²) in [6.07, 6.45) is 0.815. The maximum absolute atomic E-state index is 11.9. The largest absolute Gasteiger partial charge is 0.481 e. The molecule has 0 radical (unpaired) electrons. The summed E-state index contributed by atoms with van der Waals surface area (Å²) in [6.45, 7) is 4.00. The molecule has 0 saturated heterocycles. The van der Waals surface area contributed by atoms with E-state index >= 15 is 0 Å². The molecule has 3 atom stereocenters. The number of benzene rings is 1. The molecule has 0 bridgehead atoms. The lowest BCUT2D eigenvalue weighted by molar-refractivity contribution is -0.137. The second kappa shape index (κ2) is 5.43. The van der Waals surface area contributed by atoms with E-state index < -0.39 is 12.0 Å². The Morgan fingerprint density at radius 3 is 2.42 bits per heavy atom. The van der Waals surface area contributed by atoms with Crippen LogP contribution in [-0.2, 0) is 9.59 Å². The van der Waals surface area contributed by atoms with E-state index in [0.29, 0.717) is 5.92 Å². The number of nitrogens with one attached hydrogen (secondary N) is 1. The Balaban J connectivity index is 2.09. The molecular weight excluding hydrogens is 242 g/mol. The van der Waals surface area contributed by atoms with Crippen LogP contribution in [0.1, 0.15) is 36.9 Å². The van der Waals surface area contributed by atoms with Crippen LogP contribution < -0.4 is 5.32 Å². The first kappa shape index (κ1) is 13.6. The van der Waals surface area contributed by atoms with Crippen molar-refractivity contribution in [3.05, 3.63) is 35.4 Å². The number of hydrogen-bond acceptors (Lipinski definition) is 2. The fraction of sp³-hybridized carbons (Fsp3) is 0.467. The molecule has 4 heteroatoms. The molecule has 1 saturated carbocycles. The van der Waals surface area contributed by atoms with Gasteiger partial charge < -0.3 is 10.4 Å². The van der Waals surface area contributed by atoms with E-state index in [2.05, 4.69) is 5.32 Å². The number of hydrogen-bond donors (Lipinski definition) is 2. The van der Waals surface area contributed by atoms with E-state index in [1.165, 1.54) is 0 Å². The minimum atomic E-state index is -0.908. The first-order chi connectivity index (χ1) is 8.97. The molecule has 102 valence electrons. The Hall–Kier alpha value is -1.84. The van der Waals surface area contributed by atoms with Gasteiger partial charge in [0, 0.05) is 5.92 Å². The Bertz CT molecular complexity index is 481. The molecule has 19 heavy (non-hydrogen) atoms. The molecule has 0 aromatic heterocycles. The molecule has 1 aromatic carbocycles. The van der Waals surface area contributed by atoms with Crippen molar-refractivity contribution < 1.29 is 14.7 Å². The highest BCUT2D eigenvalue weighted by molar-refractivity contribution is 5.82. The maximum Gasteiger partial charge on any atom is 0.305 e. The van der Waals surface area contributed by atoms with Crippen molar-refractivity contribution in [3.8, 4) is 0 Å². The van der Waals surface area contributed by atoms with Crippen LogP contribution in [0.2, 0.25) is 0 Å². The standard InChI is InChI=1S/C15H19NO3/c1-9-3-5-11(6-4-9)13(8-14(17)18)16-15(19)12-7-10(12)2/h3-6,10,12-13H,7-8H2,1-2H3,(H,16,19)(H,17,18)/t10-,12+,13-/m0/s1. The molecule has 1 aromatic rings. The summed E-state index contributed by atoms with van der Waals surface area (Å²) in [7, 11) is 0. The third kappa shape index (κ3) is 3.56. The number of rotatable bonds is 5. The van der Waals surface area contributed by atoms with Crippen LogP contribution in [0, 0.1) is 18.8 Å². The summed E-state index contributed by atoms with van der Waals surface area (Å²) < 4.78 is 0. The highest BCUT2D eigenvalue weighted by atomic mass is 16.4. The van der Waals surface area contributed by atoms with Gasteiger partial charge in [-0.1, -0.05) is 36.8 Å². The zero-order valence-corrected chi connectivity index (χ0v) is 11.2. The number of carbonyl (C=O) groups excluding carboxylic acids is 1. The Morgan fingerprint density at radius 1 is 1.37 bits per heavy atom. The molecule has 0 spiro atoms. The van der Waals surface area contributed by atoms with Crippen LogP contribution in [-0.4, -0.2) is 17.0 Å². The quantitative estimate of drug-likeness (QED) is 0.854. The SMILES string of the molecule is Cc1ccc([C@H](CC(=O)O)NC(=O)[C@@H]2C[C@@H]2C)cc1. The lowest BCUT2D eigenvalue weighted by Gasteiger charge is -2.17. The van der Waals surface area contributed by atoms with Crippen LogP contribution >= 0.6 is 0 Å². The molecule has 2 rings (SSSR count). The summed E-state index contributed by atoms with van der Waals surface area (Å²) in [5.41, 5.74) is 1.95. The summed E-state index contributed by atoms with van der Waals surface area (Å²) in [5, 5.41) is 11.8. The molecule has 1 aliphatic rings. The first-order valence-electron chi connectivity index (χ1n) is 6.56. The fourth-order valence-corrected chi connectivity index (χ4v) is 2.19. The predicted molar refractivity (Wildman–Crippen MR) is 71.6 cm³/mol. The van der Waals surface area contributed by atoms with E-state index in [0.717, 1.165) is 17.5 Å². The van der Waals surface area contributed by atoms with Gasteiger partial charge in [-0.3, -0.25) is 9.59 Å². The van der Waals surface area contributed by atoms with Gasteiger partial charge in [-0.2, -0.15) is 0 Å². The lowest BCUT2D eigenvalue weighted by atomic mass is 10.0. The van der Waals surface area contributed by atoms with Crippen molar-refractivity contribution >= 4 is 11.9 Å². The van der Waals surface area contributed by atoms with Gasteiger partial charge in [0.2, 0.25) is 5.91 Å². The summed E-state index contributed by atoms with van der Waals surface area (Å²) in [5.74, 6) is -0.459. The highest BCUT2D eigenvalue weighted by Crippen LogP contribution is 2.38. The average molecular weight is 261 g/mol. The molecule has 4 nitrogen and oxygen atoms in total. The van der Waals surface area contributed by atoms with Crippen LogP contribution in [0.5, 0.6) is 0 Å². The number of aryl methyl sites for hydroxylation is 1. The van der Waals surface area contributed by atoms with Crippen LogP contribution in [0.25, 0.3) is 0 Å². The summed E-state index contributed by atoms with van der Waals surface area (Å²) in [4.78, 5) is 22.9. The van der Waals surface area contributed by atoms with Gasteiger partial charge in [0.25, 0.3) is 0 Å². The fourth-order valence-electron chi connectivity index (χ4n) is 2.19. The van der Waals surface area contributed by atoms with Crippen molar-refractivity contribution in [2.45, 2.75) is 32.7 Å². The molecule has 1 aliphatic carbocycles. The molecule has 0 heterocycles. The second-order valence-electron chi connectivity index (χ2n) is 5.39. The number of amides is 1. The summed E-state index contributed by atoms with van der Waals surface area (Å²) >= 11 is 0. The van der Waals surface area contributed by atoms with Crippen LogP contribution in [0.15, 0.2) is 24.3 Å². The normalized spacial score (nSPS) is 22.6. The molecule has 0 aliphatic heterocycles. The Morgan fingerprint density at radius 2 is 1.95 bits per heavy atom. The van der Waals surface area contributed by atoms with Gasteiger partial charge in [-0.15, -0.1) is 0 Å². The predicted octanol–water partition coefficient (Wildman–Crippen LogP) is 2.28. The number of carboxylic acid groups (broad SMARTS) is 1. The molecule has 0 unspecified atom stereocenters. The van der Waals surface area contributed by atoms with Crippen molar-refractivity contribution in [2.24, 2.45) is 11.8 Å². The highest BCUT2D eigenvalue weighted by Gasteiger charge is 2.39. The zero-order valence-electron chi connectivity index (χ0n) is 11.2. The van der Waals surface area contributed by atoms with E-state index in [4.69, 9.17) is 5.11 Å². The number of carboxylic acids is 1. The molecular formula is C15H19NO3.